The van der Waals surface area contributed by atoms with Crippen molar-refractivity contribution in [2.24, 2.45) is 0 Å². The lowest BCUT2D eigenvalue weighted by atomic mass is 10.1. The summed E-state index contributed by atoms with van der Waals surface area (Å²) in [5, 5.41) is 4.44. The molecular formula is C20H16F3N3O3S. The standard InChI is InChI=1S/C20H16F3N3O3S/c1-26(19(28)29-2)15-8-6-14(7-9-15)24-17(27)16-11-30-18(25-16)12-4-3-5-13(10-12)20(21,22)23/h3-11H,1-2H3,(H,24,27). The van der Waals surface area contributed by atoms with Gasteiger partial charge in [-0.05, 0) is 36.4 Å². The summed E-state index contributed by atoms with van der Waals surface area (Å²) >= 11 is 1.08. The molecule has 0 atom stereocenters. The fourth-order valence-corrected chi connectivity index (χ4v) is 3.34. The van der Waals surface area contributed by atoms with Crippen LogP contribution < -0.4 is 10.2 Å². The third kappa shape index (κ3) is 4.77. The number of alkyl halides is 3. The number of benzene rings is 2. The number of methoxy groups -OCH3 is 1. The minimum absolute atomic E-state index is 0.0863. The molecule has 1 heterocycles. The maximum Gasteiger partial charge on any atom is 0.416 e. The highest BCUT2D eigenvalue weighted by Gasteiger charge is 2.30. The van der Waals surface area contributed by atoms with Crippen LogP contribution >= 0.6 is 11.3 Å². The molecule has 3 rings (SSSR count). The lowest BCUT2D eigenvalue weighted by Gasteiger charge is -2.15. The number of thiazole rings is 1. The van der Waals surface area contributed by atoms with Gasteiger partial charge in [0.05, 0.1) is 12.7 Å². The molecule has 3 aromatic rings. The van der Waals surface area contributed by atoms with E-state index in [0.717, 1.165) is 23.5 Å². The van der Waals surface area contributed by atoms with Crippen molar-refractivity contribution in [1.82, 2.24) is 4.98 Å². The molecule has 0 aliphatic carbocycles. The molecular weight excluding hydrogens is 419 g/mol. The van der Waals surface area contributed by atoms with Crippen LogP contribution in [-0.2, 0) is 10.9 Å². The van der Waals surface area contributed by atoms with Crippen LogP contribution in [0, 0.1) is 0 Å². The number of halogens is 3. The van der Waals surface area contributed by atoms with E-state index in [2.05, 4.69) is 15.0 Å². The number of amides is 2. The van der Waals surface area contributed by atoms with Crippen molar-refractivity contribution in [3.63, 3.8) is 0 Å². The van der Waals surface area contributed by atoms with E-state index < -0.39 is 23.7 Å². The number of carbonyl (C=O) groups is 2. The van der Waals surface area contributed by atoms with Crippen molar-refractivity contribution in [2.75, 3.05) is 24.4 Å². The fourth-order valence-electron chi connectivity index (χ4n) is 2.55. The largest absolute Gasteiger partial charge is 0.452 e. The summed E-state index contributed by atoms with van der Waals surface area (Å²) in [6.07, 6.45) is -4.99. The normalized spacial score (nSPS) is 11.1. The van der Waals surface area contributed by atoms with E-state index in [1.54, 1.807) is 31.3 Å². The van der Waals surface area contributed by atoms with Gasteiger partial charge in [-0.3, -0.25) is 9.69 Å². The van der Waals surface area contributed by atoms with Gasteiger partial charge in [0.2, 0.25) is 0 Å². The molecule has 0 radical (unpaired) electrons. The maximum absolute atomic E-state index is 12.9. The molecule has 1 N–H and O–H groups in total. The van der Waals surface area contributed by atoms with Crippen LogP contribution in [0.3, 0.4) is 0 Å². The molecule has 2 aromatic carbocycles. The zero-order chi connectivity index (χ0) is 21.9. The minimum atomic E-state index is -4.46. The number of anilines is 2. The summed E-state index contributed by atoms with van der Waals surface area (Å²) < 4.78 is 43.3. The first-order valence-electron chi connectivity index (χ1n) is 8.55. The second-order valence-corrected chi connectivity index (χ2v) is 7.00. The Morgan fingerprint density at radius 3 is 2.47 bits per heavy atom. The summed E-state index contributed by atoms with van der Waals surface area (Å²) in [6, 6.07) is 11.2. The van der Waals surface area contributed by atoms with Crippen LogP contribution in [-0.4, -0.2) is 31.1 Å². The lowest BCUT2D eigenvalue weighted by Crippen LogP contribution is -2.25. The average Bonchev–Trinajstić information content (AvgIpc) is 3.23. The van der Waals surface area contributed by atoms with E-state index >= 15 is 0 Å². The number of nitrogens with zero attached hydrogens (tertiary/aromatic N) is 2. The van der Waals surface area contributed by atoms with Gasteiger partial charge >= 0.3 is 12.3 Å². The number of hydrogen-bond acceptors (Lipinski definition) is 5. The highest BCUT2D eigenvalue weighted by Crippen LogP contribution is 2.33. The average molecular weight is 435 g/mol. The molecule has 1 aromatic heterocycles. The van der Waals surface area contributed by atoms with Gasteiger partial charge in [0.1, 0.15) is 10.7 Å². The molecule has 0 aliphatic rings. The van der Waals surface area contributed by atoms with Gasteiger partial charge in [0.25, 0.3) is 5.91 Å². The third-order valence-electron chi connectivity index (χ3n) is 4.13. The van der Waals surface area contributed by atoms with Gasteiger partial charge in [-0.2, -0.15) is 13.2 Å². The molecule has 10 heteroatoms. The quantitative estimate of drug-likeness (QED) is 0.605. The van der Waals surface area contributed by atoms with E-state index in [0.29, 0.717) is 16.4 Å². The molecule has 30 heavy (non-hydrogen) atoms. The van der Waals surface area contributed by atoms with Gasteiger partial charge in [-0.1, -0.05) is 12.1 Å². The highest BCUT2D eigenvalue weighted by molar-refractivity contribution is 7.13. The van der Waals surface area contributed by atoms with Crippen LogP contribution in [0.1, 0.15) is 16.1 Å². The molecule has 0 saturated heterocycles. The number of hydrogen-bond donors (Lipinski definition) is 1. The van der Waals surface area contributed by atoms with Crippen molar-refractivity contribution in [2.45, 2.75) is 6.18 Å². The molecule has 2 amide bonds. The van der Waals surface area contributed by atoms with E-state index in [9.17, 15) is 22.8 Å². The first-order chi connectivity index (χ1) is 14.2. The number of aromatic nitrogens is 1. The second kappa shape index (κ2) is 8.54. The Labute approximate surface area is 173 Å². The second-order valence-electron chi connectivity index (χ2n) is 6.15. The molecule has 0 bridgehead atoms. The zero-order valence-corrected chi connectivity index (χ0v) is 16.7. The van der Waals surface area contributed by atoms with Crippen LogP contribution in [0.25, 0.3) is 10.6 Å². The van der Waals surface area contributed by atoms with Gasteiger partial charge in [-0.15, -0.1) is 11.3 Å². The predicted octanol–water partition coefficient (Wildman–Crippen LogP) is 5.28. The summed E-state index contributed by atoms with van der Waals surface area (Å²) in [5.41, 5.74) is 0.626. The lowest BCUT2D eigenvalue weighted by molar-refractivity contribution is -0.137. The topological polar surface area (TPSA) is 71.5 Å². The molecule has 0 saturated carbocycles. The highest BCUT2D eigenvalue weighted by atomic mass is 32.1. The number of rotatable bonds is 4. The van der Waals surface area contributed by atoms with Crippen molar-refractivity contribution in [3.05, 3.63) is 65.2 Å². The molecule has 6 nitrogen and oxygen atoms in total. The minimum Gasteiger partial charge on any atom is -0.452 e. The van der Waals surface area contributed by atoms with Crippen LogP contribution in [0.4, 0.5) is 29.3 Å². The Kier molecular flexibility index (Phi) is 6.06. The Balaban J connectivity index is 1.72. The Morgan fingerprint density at radius 1 is 1.13 bits per heavy atom. The molecule has 0 aliphatic heterocycles. The number of carbonyl (C=O) groups excluding carboxylic acids is 2. The predicted molar refractivity (Wildman–Crippen MR) is 108 cm³/mol. The summed E-state index contributed by atoms with van der Waals surface area (Å²) in [6.45, 7) is 0. The number of nitrogens with one attached hydrogen (secondary N) is 1. The van der Waals surface area contributed by atoms with Crippen molar-refractivity contribution in [3.8, 4) is 10.6 Å². The van der Waals surface area contributed by atoms with Crippen molar-refractivity contribution < 1.29 is 27.5 Å². The molecule has 156 valence electrons. The Morgan fingerprint density at radius 2 is 1.83 bits per heavy atom. The fraction of sp³-hybridized carbons (Fsp3) is 0.150. The monoisotopic (exact) mass is 435 g/mol. The molecule has 0 spiro atoms. The van der Waals surface area contributed by atoms with E-state index in [-0.39, 0.29) is 11.3 Å². The summed E-state index contributed by atoms with van der Waals surface area (Å²) in [5.74, 6) is -0.501. The van der Waals surface area contributed by atoms with Crippen molar-refractivity contribution >= 4 is 34.7 Å². The first kappa shape index (κ1) is 21.3. The molecule has 0 fully saturated rings. The van der Waals surface area contributed by atoms with Crippen molar-refractivity contribution in [1.29, 1.82) is 0 Å². The van der Waals surface area contributed by atoms with Crippen LogP contribution in [0.2, 0.25) is 0 Å². The Hall–Kier alpha value is -3.40. The summed E-state index contributed by atoms with van der Waals surface area (Å²) in [7, 11) is 2.82. The zero-order valence-electron chi connectivity index (χ0n) is 15.9. The van der Waals surface area contributed by atoms with Crippen LogP contribution in [0.15, 0.2) is 53.9 Å². The Bertz CT molecular complexity index is 1060. The van der Waals surface area contributed by atoms with Gasteiger partial charge < -0.3 is 10.1 Å². The van der Waals surface area contributed by atoms with E-state index in [1.165, 1.54) is 29.5 Å². The van der Waals surface area contributed by atoms with Gasteiger partial charge in [-0.25, -0.2) is 9.78 Å². The smallest absolute Gasteiger partial charge is 0.416 e. The number of ether oxygens (including phenoxy) is 1. The molecule has 0 unspecified atom stereocenters. The van der Waals surface area contributed by atoms with E-state index in [1.807, 2.05) is 0 Å². The summed E-state index contributed by atoms with van der Waals surface area (Å²) in [4.78, 5) is 29.4. The van der Waals surface area contributed by atoms with E-state index in [4.69, 9.17) is 0 Å². The maximum atomic E-state index is 12.9. The van der Waals surface area contributed by atoms with Gasteiger partial charge in [0, 0.05) is 29.4 Å². The SMILES string of the molecule is COC(=O)N(C)c1ccc(NC(=O)c2csc(-c3cccc(C(F)(F)F)c3)n2)cc1. The van der Waals surface area contributed by atoms with Crippen LogP contribution in [0.5, 0.6) is 0 Å². The first-order valence-corrected chi connectivity index (χ1v) is 9.43. The van der Waals surface area contributed by atoms with Gasteiger partial charge in [0.15, 0.2) is 0 Å². The third-order valence-corrected chi connectivity index (χ3v) is 5.03.